The number of rotatable bonds is 50. The average Bonchev–Trinajstić information content (AvgIpc) is 3.37. The summed E-state index contributed by atoms with van der Waals surface area (Å²) in [7, 11) is 0. The molecule has 0 aliphatic carbocycles. The summed E-state index contributed by atoms with van der Waals surface area (Å²) in [5.41, 5.74) is 0. The smallest absolute Gasteiger partial charge is 0.306 e. The van der Waals surface area contributed by atoms with Gasteiger partial charge in [-0.1, -0.05) is 238 Å². The Kier molecular flexibility index (Phi) is 54.5. The van der Waals surface area contributed by atoms with Gasteiger partial charge in [0.25, 0.3) is 0 Å². The average molecular weight is 982 g/mol. The van der Waals surface area contributed by atoms with Gasteiger partial charge in [-0.2, -0.15) is 0 Å². The fraction of sp³-hybridized carbons (Fsp3) is 0.615. The highest BCUT2D eigenvalue weighted by Crippen LogP contribution is 2.14. The van der Waals surface area contributed by atoms with Gasteiger partial charge in [0.2, 0.25) is 0 Å². The summed E-state index contributed by atoms with van der Waals surface area (Å²) in [5.74, 6) is -0.986. The Hall–Kier alpha value is -4.45. The van der Waals surface area contributed by atoms with Crippen molar-refractivity contribution in [2.75, 3.05) is 13.2 Å². The Morgan fingerprint density at radius 2 is 0.549 bits per heavy atom. The van der Waals surface area contributed by atoms with E-state index in [1.807, 2.05) is 0 Å². The summed E-state index contributed by atoms with van der Waals surface area (Å²) >= 11 is 0. The molecule has 0 aromatic rings. The third-order valence-electron chi connectivity index (χ3n) is 11.7. The molecule has 0 aliphatic heterocycles. The van der Waals surface area contributed by atoms with E-state index in [0.717, 1.165) is 128 Å². The lowest BCUT2D eigenvalue weighted by atomic mass is 10.0. The topological polar surface area (TPSA) is 78.9 Å². The van der Waals surface area contributed by atoms with Crippen molar-refractivity contribution in [3.63, 3.8) is 0 Å². The van der Waals surface area contributed by atoms with Crippen LogP contribution in [0.25, 0.3) is 0 Å². The second-order valence-corrected chi connectivity index (χ2v) is 18.4. The minimum atomic E-state index is -0.814. The molecule has 6 heteroatoms. The number of ether oxygens (including phenoxy) is 3. The van der Waals surface area contributed by atoms with Crippen molar-refractivity contribution < 1.29 is 28.6 Å². The van der Waals surface area contributed by atoms with Gasteiger partial charge in [-0.25, -0.2) is 0 Å². The van der Waals surface area contributed by atoms with E-state index in [-0.39, 0.29) is 37.5 Å². The SMILES string of the molecule is CC/C=C\C/C=C\C/C=C\C/C=C\C/C=C\C/C=C\C/C=C\C/C=C\CCCCC(=O)OCC(COC(=O)CCCCCCCCCCCCCCC)OC(=O)CCCCC/C=C\C/C=C\C/C=C\CC. The molecule has 0 bridgehead atoms. The van der Waals surface area contributed by atoms with Crippen LogP contribution in [0.15, 0.2) is 134 Å². The van der Waals surface area contributed by atoms with Crippen molar-refractivity contribution in [1.82, 2.24) is 0 Å². The van der Waals surface area contributed by atoms with Gasteiger partial charge in [-0.15, -0.1) is 0 Å². The normalized spacial score (nSPS) is 13.1. The largest absolute Gasteiger partial charge is 0.462 e. The van der Waals surface area contributed by atoms with Crippen LogP contribution in [0.3, 0.4) is 0 Å². The quantitative estimate of drug-likeness (QED) is 0.0262. The zero-order valence-electron chi connectivity index (χ0n) is 45.7. The number of carbonyl (C=O) groups is 3. The second kappa shape index (κ2) is 58.1. The molecule has 0 spiro atoms. The molecule has 0 radical (unpaired) electrons. The Balaban J connectivity index is 4.43. The first-order valence-electron chi connectivity index (χ1n) is 28.7. The Morgan fingerprint density at radius 3 is 0.887 bits per heavy atom. The lowest BCUT2D eigenvalue weighted by Crippen LogP contribution is -2.30. The van der Waals surface area contributed by atoms with Gasteiger partial charge < -0.3 is 14.2 Å². The molecule has 0 aromatic heterocycles. The van der Waals surface area contributed by atoms with Crippen LogP contribution in [0.4, 0.5) is 0 Å². The molecular weight excluding hydrogens is 877 g/mol. The summed E-state index contributed by atoms with van der Waals surface area (Å²) in [6, 6.07) is 0. The number of esters is 3. The van der Waals surface area contributed by atoms with Crippen LogP contribution in [0.1, 0.15) is 239 Å². The number of hydrogen-bond acceptors (Lipinski definition) is 6. The fourth-order valence-electron chi connectivity index (χ4n) is 7.41. The first-order chi connectivity index (χ1) is 35.0. The highest BCUT2D eigenvalue weighted by Gasteiger charge is 2.19. The molecule has 0 heterocycles. The first-order valence-corrected chi connectivity index (χ1v) is 28.7. The molecule has 400 valence electrons. The summed E-state index contributed by atoms with van der Waals surface area (Å²) < 4.78 is 16.8. The second-order valence-electron chi connectivity index (χ2n) is 18.4. The molecule has 6 nitrogen and oxygen atoms in total. The van der Waals surface area contributed by atoms with E-state index in [9.17, 15) is 14.4 Å². The Morgan fingerprint density at radius 1 is 0.296 bits per heavy atom. The van der Waals surface area contributed by atoms with Crippen molar-refractivity contribution in [3.8, 4) is 0 Å². The molecule has 71 heavy (non-hydrogen) atoms. The lowest BCUT2D eigenvalue weighted by molar-refractivity contribution is -0.167. The highest BCUT2D eigenvalue weighted by atomic mass is 16.6. The van der Waals surface area contributed by atoms with Crippen LogP contribution < -0.4 is 0 Å². The number of allylic oxidation sites excluding steroid dienone is 22. The molecule has 0 fully saturated rings. The Bertz CT molecular complexity index is 1550. The fourth-order valence-corrected chi connectivity index (χ4v) is 7.41. The van der Waals surface area contributed by atoms with E-state index in [4.69, 9.17) is 14.2 Å². The zero-order valence-corrected chi connectivity index (χ0v) is 45.7. The van der Waals surface area contributed by atoms with Gasteiger partial charge in [0, 0.05) is 19.3 Å². The maximum Gasteiger partial charge on any atom is 0.306 e. The van der Waals surface area contributed by atoms with Crippen molar-refractivity contribution in [3.05, 3.63) is 134 Å². The molecule has 0 N–H and O–H groups in total. The van der Waals surface area contributed by atoms with Crippen molar-refractivity contribution in [2.24, 2.45) is 0 Å². The van der Waals surface area contributed by atoms with E-state index in [0.29, 0.717) is 19.3 Å². The molecule has 1 unspecified atom stereocenters. The summed E-state index contributed by atoms with van der Waals surface area (Å²) in [6.45, 7) is 6.34. The molecule has 1 atom stereocenters. The Labute approximate surface area is 436 Å². The molecule has 0 saturated heterocycles. The molecule has 0 saturated carbocycles. The van der Waals surface area contributed by atoms with Crippen LogP contribution in [0.5, 0.6) is 0 Å². The number of carbonyl (C=O) groups excluding carboxylic acids is 3. The van der Waals surface area contributed by atoms with Gasteiger partial charge in [0.15, 0.2) is 6.10 Å². The molecule has 0 rings (SSSR count). The van der Waals surface area contributed by atoms with Crippen LogP contribution in [-0.4, -0.2) is 37.2 Å². The third kappa shape index (κ3) is 56.3. The zero-order chi connectivity index (χ0) is 51.4. The predicted molar refractivity (Wildman–Crippen MR) is 306 cm³/mol. The minimum Gasteiger partial charge on any atom is -0.462 e. The van der Waals surface area contributed by atoms with Crippen molar-refractivity contribution in [1.29, 1.82) is 0 Å². The summed E-state index contributed by atoms with van der Waals surface area (Å²) in [4.78, 5) is 38.1. The van der Waals surface area contributed by atoms with Gasteiger partial charge in [0.1, 0.15) is 13.2 Å². The molecule has 0 aromatic carbocycles. The number of hydrogen-bond donors (Lipinski definition) is 0. The maximum absolute atomic E-state index is 12.8. The standard InChI is InChI=1S/C65H104O6/c1-4-7-10-13-16-19-22-25-26-27-28-29-30-31-32-33-34-35-36-37-38-41-43-46-49-52-55-58-64(67)70-61-62(71-65(68)59-56-53-50-47-44-40-24-21-18-15-12-9-6-3)60-69-63(66)57-54-51-48-45-42-39-23-20-17-14-11-8-5-2/h7,9-10,12,16,18-19,21,25-26,28-29,31-32,34-35,37-38,40,43-44,46,62H,4-6,8,11,13-15,17,20,22-24,27,30,33,36,39,41-42,45,47-61H2,1-3H3/b10-7-,12-9-,19-16-,21-18-,26-25-,29-28-,32-31-,35-34-,38-37-,44-40-,46-43-. The van der Waals surface area contributed by atoms with E-state index < -0.39 is 6.10 Å². The van der Waals surface area contributed by atoms with Crippen LogP contribution in [-0.2, 0) is 28.6 Å². The highest BCUT2D eigenvalue weighted by molar-refractivity contribution is 5.71. The van der Waals surface area contributed by atoms with Gasteiger partial charge in [-0.05, 0) is 116 Å². The summed E-state index contributed by atoms with van der Waals surface area (Å²) in [6.07, 6.45) is 81.6. The lowest BCUT2D eigenvalue weighted by Gasteiger charge is -2.18. The number of unbranched alkanes of at least 4 members (excludes halogenated alkanes) is 17. The molecule has 0 amide bonds. The van der Waals surface area contributed by atoms with E-state index in [2.05, 4.69) is 154 Å². The van der Waals surface area contributed by atoms with Crippen LogP contribution in [0, 0.1) is 0 Å². The molecular formula is C65H104O6. The van der Waals surface area contributed by atoms with Gasteiger partial charge in [-0.3, -0.25) is 14.4 Å². The third-order valence-corrected chi connectivity index (χ3v) is 11.7. The molecule has 0 aliphatic rings. The van der Waals surface area contributed by atoms with Crippen LogP contribution >= 0.6 is 0 Å². The van der Waals surface area contributed by atoms with Gasteiger partial charge >= 0.3 is 17.9 Å². The van der Waals surface area contributed by atoms with Crippen molar-refractivity contribution in [2.45, 2.75) is 245 Å². The predicted octanol–water partition coefficient (Wildman–Crippen LogP) is 19.4. The van der Waals surface area contributed by atoms with Gasteiger partial charge in [0.05, 0.1) is 0 Å². The monoisotopic (exact) mass is 981 g/mol. The van der Waals surface area contributed by atoms with Crippen LogP contribution in [0.2, 0.25) is 0 Å². The first kappa shape index (κ1) is 66.6. The van der Waals surface area contributed by atoms with E-state index >= 15 is 0 Å². The van der Waals surface area contributed by atoms with E-state index in [1.165, 1.54) is 64.2 Å². The summed E-state index contributed by atoms with van der Waals surface area (Å²) in [5, 5.41) is 0. The minimum absolute atomic E-state index is 0.106. The van der Waals surface area contributed by atoms with E-state index in [1.54, 1.807) is 0 Å². The van der Waals surface area contributed by atoms with Crippen molar-refractivity contribution >= 4 is 17.9 Å². The maximum atomic E-state index is 12.8.